The largest absolute Gasteiger partial charge is 0.425 e. The van der Waals surface area contributed by atoms with Gasteiger partial charge in [0.05, 0.1) is 0 Å². The van der Waals surface area contributed by atoms with Gasteiger partial charge in [-0.25, -0.2) is 0 Å². The van der Waals surface area contributed by atoms with Gasteiger partial charge in [-0.05, 0) is 0 Å². The highest BCUT2D eigenvalue weighted by molar-refractivity contribution is 7.78. The van der Waals surface area contributed by atoms with Crippen molar-refractivity contribution in [2.45, 2.75) is 11.8 Å². The molecule has 0 bridgehead atoms. The Labute approximate surface area is 168 Å². The van der Waals surface area contributed by atoms with E-state index in [-0.39, 0.29) is 0 Å². The van der Waals surface area contributed by atoms with E-state index in [2.05, 4.69) is 9.05 Å². The normalized spacial score (nSPS) is 32.8. The molecular weight excluding hydrogens is 616 g/mol. The third kappa shape index (κ3) is 7.41. The van der Waals surface area contributed by atoms with Crippen LogP contribution in [-0.2, 0) is 9.05 Å². The molecule has 0 saturated heterocycles. The van der Waals surface area contributed by atoms with Gasteiger partial charge in [0, 0.05) is 0 Å². The first kappa shape index (κ1) is 28.6. The summed E-state index contributed by atoms with van der Waals surface area (Å²) in [5.74, 6) is -11.5. The molecule has 0 aliphatic carbocycles. The predicted molar refractivity (Wildman–Crippen MR) is 89.0 cm³/mol. The van der Waals surface area contributed by atoms with Crippen LogP contribution >= 0.6 is 46.8 Å². The summed E-state index contributed by atoms with van der Waals surface area (Å²) in [6.07, 6.45) is 0. The Morgan fingerprint density at radius 3 is 0.938 bits per heavy atom. The van der Waals surface area contributed by atoms with Crippen molar-refractivity contribution in [1.82, 2.24) is 0 Å². The van der Waals surface area contributed by atoms with E-state index >= 15 is 0 Å². The molecule has 0 amide bonds. The molecule has 2 heterocycles. The molecule has 2 aliphatic heterocycles. The number of hydrogen-bond donors (Lipinski definition) is 0. The van der Waals surface area contributed by atoms with Crippen LogP contribution in [0.4, 0.5) is 59.5 Å². The minimum atomic E-state index is -6.43. The first-order valence-corrected chi connectivity index (χ1v) is 15.7. The molecule has 0 aromatic carbocycles. The molecule has 0 aromatic heterocycles. The minimum absolute atomic E-state index is 1.54. The smallest absolute Gasteiger partial charge is 0.297 e. The van der Waals surface area contributed by atoms with Gasteiger partial charge in [0.2, 0.25) is 0 Å². The Hall–Kier alpha value is 0.320. The average molecular weight is 620 g/mol. The fourth-order valence-electron chi connectivity index (χ4n) is 1.54. The van der Waals surface area contributed by atoms with E-state index in [0.717, 1.165) is 0 Å². The summed E-state index contributed by atoms with van der Waals surface area (Å²) in [7, 11) is -38.3. The number of alkyl halides is 4. The molecule has 0 fully saturated rings. The van der Waals surface area contributed by atoms with Crippen molar-refractivity contribution in [3.8, 4) is 0 Å². The van der Waals surface area contributed by atoms with E-state index in [1.54, 1.807) is 18.1 Å². The second-order valence-electron chi connectivity index (χ2n) is 5.26. The highest BCUT2D eigenvalue weighted by atomic mass is 31.3. The van der Waals surface area contributed by atoms with Crippen LogP contribution in [0.25, 0.3) is 0 Å². The zero-order valence-corrected chi connectivity index (χ0v) is 19.3. The highest BCUT2D eigenvalue weighted by Gasteiger charge is 2.59. The van der Waals surface area contributed by atoms with Crippen LogP contribution < -0.4 is 0 Å². The van der Waals surface area contributed by atoms with Crippen LogP contribution in [0.5, 0.6) is 0 Å². The number of rotatable bonds is 7. The number of hydrogen-bond acceptors (Lipinski definition) is 8. The van der Waals surface area contributed by atoms with E-state index in [1.165, 1.54) is 9.03 Å². The summed E-state index contributed by atoms with van der Waals surface area (Å²) >= 11 is 0. The molecule has 0 radical (unpaired) electrons. The van der Waals surface area contributed by atoms with Gasteiger partial charge in [-0.2, -0.15) is 26.0 Å². The maximum atomic E-state index is 13.9. The quantitative estimate of drug-likeness (QED) is 0.209. The molecule has 28 heteroatoms. The molecule has 0 spiro atoms. The Balaban J connectivity index is 2.23. The SMILES string of the molecule is FC(F)(COP1(F)=NP(F)(F)=NP(F)(F)=N1)C(F)(F)COP1(F)=NP(F)(F)=NP(F)(F)=N1. The molecule has 8 nitrogen and oxygen atoms in total. The molecule has 190 valence electrons. The Morgan fingerprint density at radius 2 is 0.688 bits per heavy atom. The van der Waals surface area contributed by atoms with Crippen molar-refractivity contribution in [2.24, 2.45) is 27.1 Å². The Kier molecular flexibility index (Phi) is 7.55. The van der Waals surface area contributed by atoms with Gasteiger partial charge in [-0.15, -0.1) is 60.7 Å². The zero-order chi connectivity index (χ0) is 25.1. The van der Waals surface area contributed by atoms with Crippen LogP contribution in [0.2, 0.25) is 0 Å². The van der Waals surface area contributed by atoms with Crippen molar-refractivity contribution in [1.29, 1.82) is 0 Å². The van der Waals surface area contributed by atoms with Crippen LogP contribution in [-0.4, -0.2) is 25.1 Å². The van der Waals surface area contributed by atoms with Crippen molar-refractivity contribution < 1.29 is 68.6 Å². The maximum Gasteiger partial charge on any atom is 0.425 e. The molecule has 2 rings (SSSR count). The predicted octanol–water partition coefficient (Wildman–Crippen LogP) is 11.7. The van der Waals surface area contributed by atoms with Crippen LogP contribution in [0.1, 0.15) is 0 Å². The van der Waals surface area contributed by atoms with Gasteiger partial charge in [-0.1, -0.05) is 0 Å². The van der Waals surface area contributed by atoms with E-state index in [1.807, 2.05) is 0 Å². The topological polar surface area (TPSA) is 92.6 Å². The van der Waals surface area contributed by atoms with Gasteiger partial charge >= 0.3 is 58.6 Å². The molecule has 2 unspecified atom stereocenters. The standard InChI is InChI=1S/C4H4F14N6O2P6/c5-3(6,1-25-31(17)21-27(9,10)19-28(11,12)22-31)4(7,8)2-26-32(18)23-29(13,14)20-30(15,16)24-32/h1-2H2. The van der Waals surface area contributed by atoms with E-state index in [9.17, 15) is 59.5 Å². The molecular formula is C4H4F14N6O2P6. The van der Waals surface area contributed by atoms with E-state index in [0.29, 0.717) is 0 Å². The lowest BCUT2D eigenvalue weighted by Crippen LogP contribution is -2.47. The first-order valence-electron chi connectivity index (χ1n) is 6.75. The van der Waals surface area contributed by atoms with Gasteiger partial charge < -0.3 is 0 Å². The van der Waals surface area contributed by atoms with Gasteiger partial charge in [0.15, 0.2) is 0 Å². The summed E-state index contributed by atoms with van der Waals surface area (Å²) in [6, 6.07) is 0. The minimum Gasteiger partial charge on any atom is -0.297 e. The fraction of sp³-hybridized carbons (Fsp3) is 1.00. The summed E-state index contributed by atoms with van der Waals surface area (Å²) < 4.78 is 203. The Morgan fingerprint density at radius 1 is 0.438 bits per heavy atom. The van der Waals surface area contributed by atoms with Crippen LogP contribution in [0.15, 0.2) is 27.1 Å². The third-order valence-corrected chi connectivity index (χ3v) is 14.0. The monoisotopic (exact) mass is 620 g/mol. The van der Waals surface area contributed by atoms with Crippen molar-refractivity contribution in [3.63, 3.8) is 0 Å². The van der Waals surface area contributed by atoms with Crippen LogP contribution in [0.3, 0.4) is 0 Å². The Bertz CT molecular complexity index is 1020. The van der Waals surface area contributed by atoms with Crippen molar-refractivity contribution in [3.05, 3.63) is 0 Å². The summed E-state index contributed by atoms with van der Waals surface area (Å²) in [5.41, 5.74) is 0. The number of nitrogens with zero attached hydrogens (tertiary/aromatic N) is 6. The first-order chi connectivity index (χ1) is 13.9. The lowest BCUT2D eigenvalue weighted by atomic mass is 10.2. The maximum absolute atomic E-state index is 13.9. The molecule has 0 N–H and O–H groups in total. The fourth-order valence-corrected chi connectivity index (χ4v) is 12.1. The molecule has 0 saturated carbocycles. The third-order valence-electron chi connectivity index (χ3n) is 2.66. The second kappa shape index (κ2) is 8.47. The van der Waals surface area contributed by atoms with E-state index in [4.69, 9.17) is 0 Å². The lowest BCUT2D eigenvalue weighted by molar-refractivity contribution is -0.232. The molecule has 2 aliphatic rings. The molecule has 32 heavy (non-hydrogen) atoms. The lowest BCUT2D eigenvalue weighted by Gasteiger charge is -2.28. The van der Waals surface area contributed by atoms with Gasteiger partial charge in [0.1, 0.15) is 13.2 Å². The van der Waals surface area contributed by atoms with Crippen molar-refractivity contribution in [2.75, 3.05) is 13.2 Å². The van der Waals surface area contributed by atoms with Gasteiger partial charge in [0.25, 0.3) is 0 Å². The van der Waals surface area contributed by atoms with E-state index < -0.39 is 71.9 Å². The summed E-state index contributed by atoms with van der Waals surface area (Å²) in [4.78, 5) is 0. The number of halogens is 14. The summed E-state index contributed by atoms with van der Waals surface area (Å²) in [5, 5.41) is 0. The zero-order valence-electron chi connectivity index (χ0n) is 13.9. The van der Waals surface area contributed by atoms with Gasteiger partial charge in [-0.3, -0.25) is 9.05 Å². The van der Waals surface area contributed by atoms with Crippen molar-refractivity contribution >= 4 is 46.8 Å². The molecule has 0 aromatic rings. The summed E-state index contributed by atoms with van der Waals surface area (Å²) in [6.45, 7) is -5.93. The van der Waals surface area contributed by atoms with Crippen LogP contribution in [0, 0.1) is 0 Å². The highest BCUT2D eigenvalue weighted by Crippen LogP contribution is 2.83. The second-order valence-corrected chi connectivity index (χ2v) is 15.6. The average Bonchev–Trinajstić information content (AvgIpc) is 2.44. The molecule has 2 atom stereocenters.